The second-order valence-electron chi connectivity index (χ2n) is 6.26. The van der Waals surface area contributed by atoms with E-state index in [1.165, 1.54) is 0 Å². The number of hydrogen-bond acceptors (Lipinski definition) is 3. The number of para-hydroxylation sites is 1. The molecule has 1 aromatic carbocycles. The summed E-state index contributed by atoms with van der Waals surface area (Å²) in [6.07, 6.45) is 1.57. The lowest BCUT2D eigenvalue weighted by Gasteiger charge is -2.17. The van der Waals surface area contributed by atoms with E-state index in [2.05, 4.69) is 24.3 Å². The highest BCUT2D eigenvalue weighted by molar-refractivity contribution is 6.32. The molecule has 3 aromatic rings. The highest BCUT2D eigenvalue weighted by Crippen LogP contribution is 2.26. The van der Waals surface area contributed by atoms with Gasteiger partial charge in [-0.25, -0.2) is 4.68 Å². The van der Waals surface area contributed by atoms with Crippen molar-refractivity contribution in [1.82, 2.24) is 15.1 Å². The zero-order valence-electron chi connectivity index (χ0n) is 14.4. The summed E-state index contributed by atoms with van der Waals surface area (Å²) >= 11 is 6.31. The maximum atomic E-state index is 12.8. The standard InChI is InChI=1S/C19H20ClN3O2/c1-12(2)13(3)21-19(24)17-11-15(18-9-6-10-25-18)22-23(17)16-8-5-4-7-14(16)20/h4-13H,1-3H3,(H,21,24)/t13-/m1/s1. The molecule has 1 atom stereocenters. The van der Waals surface area contributed by atoms with Crippen molar-refractivity contribution >= 4 is 17.5 Å². The van der Waals surface area contributed by atoms with Gasteiger partial charge in [-0.05, 0) is 37.1 Å². The Bertz CT molecular complexity index is 869. The highest BCUT2D eigenvalue weighted by atomic mass is 35.5. The fraction of sp³-hybridized carbons (Fsp3) is 0.263. The van der Waals surface area contributed by atoms with Gasteiger partial charge in [-0.15, -0.1) is 0 Å². The molecule has 0 spiro atoms. The Morgan fingerprint density at radius 1 is 1.20 bits per heavy atom. The summed E-state index contributed by atoms with van der Waals surface area (Å²) in [5, 5.41) is 8.06. The molecular weight excluding hydrogens is 338 g/mol. The van der Waals surface area contributed by atoms with Crippen molar-refractivity contribution in [2.24, 2.45) is 5.92 Å². The smallest absolute Gasteiger partial charge is 0.270 e. The highest BCUT2D eigenvalue weighted by Gasteiger charge is 2.21. The molecule has 0 aliphatic rings. The van der Waals surface area contributed by atoms with Crippen LogP contribution < -0.4 is 5.32 Å². The van der Waals surface area contributed by atoms with Gasteiger partial charge in [-0.2, -0.15) is 5.10 Å². The Kier molecular flexibility index (Phi) is 4.95. The number of nitrogens with zero attached hydrogens (tertiary/aromatic N) is 2. The molecule has 5 nitrogen and oxygen atoms in total. The van der Waals surface area contributed by atoms with E-state index in [1.54, 1.807) is 35.2 Å². The van der Waals surface area contributed by atoms with Crippen LogP contribution in [0.5, 0.6) is 0 Å². The molecule has 0 radical (unpaired) electrons. The molecule has 0 aliphatic heterocycles. The van der Waals surface area contributed by atoms with Crippen molar-refractivity contribution in [3.05, 3.63) is 59.4 Å². The molecule has 0 bridgehead atoms. The number of hydrogen-bond donors (Lipinski definition) is 1. The Hall–Kier alpha value is -2.53. The van der Waals surface area contributed by atoms with Crippen LogP contribution in [-0.4, -0.2) is 21.7 Å². The van der Waals surface area contributed by atoms with E-state index in [0.717, 1.165) is 0 Å². The maximum Gasteiger partial charge on any atom is 0.270 e. The van der Waals surface area contributed by atoms with E-state index in [9.17, 15) is 4.79 Å². The predicted molar refractivity (Wildman–Crippen MR) is 98.0 cm³/mol. The van der Waals surface area contributed by atoms with Gasteiger partial charge >= 0.3 is 0 Å². The number of rotatable bonds is 5. The quantitative estimate of drug-likeness (QED) is 0.728. The summed E-state index contributed by atoms with van der Waals surface area (Å²) in [4.78, 5) is 12.8. The molecule has 130 valence electrons. The van der Waals surface area contributed by atoms with Crippen LogP contribution >= 0.6 is 11.6 Å². The molecule has 0 saturated heterocycles. The summed E-state index contributed by atoms with van der Waals surface area (Å²) in [5.41, 5.74) is 1.63. The predicted octanol–water partition coefficient (Wildman–Crippen LogP) is 4.56. The zero-order chi connectivity index (χ0) is 18.0. The number of halogens is 1. The third-order valence-corrected chi connectivity index (χ3v) is 4.47. The average molecular weight is 358 g/mol. The van der Waals surface area contributed by atoms with E-state index in [1.807, 2.05) is 25.1 Å². The monoisotopic (exact) mass is 357 g/mol. The van der Waals surface area contributed by atoms with E-state index < -0.39 is 0 Å². The molecule has 2 heterocycles. The summed E-state index contributed by atoms with van der Waals surface area (Å²) in [7, 11) is 0. The average Bonchev–Trinajstić information content (AvgIpc) is 3.24. The fourth-order valence-electron chi connectivity index (χ4n) is 2.34. The summed E-state index contributed by atoms with van der Waals surface area (Å²) in [6.45, 7) is 6.10. The molecule has 25 heavy (non-hydrogen) atoms. The lowest BCUT2D eigenvalue weighted by molar-refractivity contribution is 0.0922. The minimum Gasteiger partial charge on any atom is -0.463 e. The van der Waals surface area contributed by atoms with Crippen molar-refractivity contribution in [3.8, 4) is 17.1 Å². The minimum atomic E-state index is -0.202. The molecule has 0 aliphatic carbocycles. The Morgan fingerprint density at radius 3 is 2.60 bits per heavy atom. The Balaban J connectivity index is 2.06. The van der Waals surface area contributed by atoms with Crippen LogP contribution in [0, 0.1) is 5.92 Å². The van der Waals surface area contributed by atoms with Gasteiger partial charge in [0.2, 0.25) is 0 Å². The van der Waals surface area contributed by atoms with Crippen LogP contribution in [0.4, 0.5) is 0 Å². The lowest BCUT2D eigenvalue weighted by atomic mass is 10.1. The van der Waals surface area contributed by atoms with Crippen molar-refractivity contribution in [3.63, 3.8) is 0 Å². The molecule has 3 rings (SSSR count). The van der Waals surface area contributed by atoms with Crippen molar-refractivity contribution in [1.29, 1.82) is 0 Å². The number of nitrogens with one attached hydrogen (secondary N) is 1. The largest absolute Gasteiger partial charge is 0.463 e. The normalized spacial score (nSPS) is 12.4. The fourth-order valence-corrected chi connectivity index (χ4v) is 2.56. The Labute approximate surface area is 151 Å². The second-order valence-corrected chi connectivity index (χ2v) is 6.67. The van der Waals surface area contributed by atoms with Gasteiger partial charge in [0.25, 0.3) is 5.91 Å². The number of benzene rings is 1. The first-order valence-corrected chi connectivity index (χ1v) is 8.55. The van der Waals surface area contributed by atoms with Crippen LogP contribution in [-0.2, 0) is 0 Å². The minimum absolute atomic E-state index is 0.0363. The summed E-state index contributed by atoms with van der Waals surface area (Å²) < 4.78 is 6.97. The third kappa shape index (κ3) is 3.61. The van der Waals surface area contributed by atoms with Crippen LogP contribution in [0.1, 0.15) is 31.3 Å². The van der Waals surface area contributed by atoms with Gasteiger partial charge in [0.05, 0.1) is 17.0 Å². The number of aromatic nitrogens is 2. The first-order valence-electron chi connectivity index (χ1n) is 8.17. The number of amides is 1. The van der Waals surface area contributed by atoms with Gasteiger partial charge in [-0.3, -0.25) is 4.79 Å². The first-order chi connectivity index (χ1) is 12.0. The van der Waals surface area contributed by atoms with E-state index >= 15 is 0 Å². The van der Waals surface area contributed by atoms with Crippen LogP contribution in [0.15, 0.2) is 53.1 Å². The summed E-state index contributed by atoms with van der Waals surface area (Å²) in [6, 6.07) is 12.6. The zero-order valence-corrected chi connectivity index (χ0v) is 15.1. The van der Waals surface area contributed by atoms with Gasteiger partial charge in [0, 0.05) is 12.1 Å². The summed E-state index contributed by atoms with van der Waals surface area (Å²) in [5.74, 6) is 0.716. The van der Waals surface area contributed by atoms with Crippen molar-refractivity contribution < 1.29 is 9.21 Å². The third-order valence-electron chi connectivity index (χ3n) is 4.16. The molecule has 1 N–H and O–H groups in total. The van der Waals surface area contributed by atoms with E-state index in [-0.39, 0.29) is 11.9 Å². The van der Waals surface area contributed by atoms with E-state index in [4.69, 9.17) is 16.0 Å². The van der Waals surface area contributed by atoms with E-state index in [0.29, 0.717) is 33.8 Å². The second kappa shape index (κ2) is 7.15. The first kappa shape index (κ1) is 17.3. The van der Waals surface area contributed by atoms with Crippen LogP contribution in [0.3, 0.4) is 0 Å². The molecular formula is C19H20ClN3O2. The number of carbonyl (C=O) groups excluding carboxylic acids is 1. The molecule has 0 fully saturated rings. The number of carbonyl (C=O) groups is 1. The van der Waals surface area contributed by atoms with Crippen LogP contribution in [0.2, 0.25) is 5.02 Å². The van der Waals surface area contributed by atoms with Gasteiger partial charge in [0.1, 0.15) is 11.4 Å². The van der Waals surface area contributed by atoms with Gasteiger partial charge in [-0.1, -0.05) is 37.6 Å². The van der Waals surface area contributed by atoms with Gasteiger partial charge < -0.3 is 9.73 Å². The Morgan fingerprint density at radius 2 is 1.96 bits per heavy atom. The van der Waals surface area contributed by atoms with Gasteiger partial charge in [0.15, 0.2) is 5.76 Å². The topological polar surface area (TPSA) is 60.1 Å². The molecule has 0 saturated carbocycles. The number of furan rings is 1. The van der Waals surface area contributed by atoms with Crippen molar-refractivity contribution in [2.75, 3.05) is 0 Å². The van der Waals surface area contributed by atoms with Crippen LogP contribution in [0.25, 0.3) is 17.1 Å². The van der Waals surface area contributed by atoms with Crippen molar-refractivity contribution in [2.45, 2.75) is 26.8 Å². The SMILES string of the molecule is CC(C)[C@@H](C)NC(=O)c1cc(-c2ccco2)nn1-c1ccccc1Cl. The molecule has 2 aromatic heterocycles. The molecule has 0 unspecified atom stereocenters. The molecule has 1 amide bonds. The molecule has 6 heteroatoms. The maximum absolute atomic E-state index is 12.8. The lowest BCUT2D eigenvalue weighted by Crippen LogP contribution is -2.37.